The fourth-order valence-electron chi connectivity index (χ4n) is 3.22. The Morgan fingerprint density at radius 3 is 2.12 bits per heavy atom. The lowest BCUT2D eigenvalue weighted by Crippen LogP contribution is -2.47. The maximum Gasteiger partial charge on any atom is 0.253 e. The van der Waals surface area contributed by atoms with Crippen LogP contribution in [0.15, 0.2) is 54.6 Å². The summed E-state index contributed by atoms with van der Waals surface area (Å²) in [6.45, 7) is 10.3. The summed E-state index contributed by atoms with van der Waals surface area (Å²) in [7, 11) is 0. The smallest absolute Gasteiger partial charge is 0.253 e. The lowest BCUT2D eigenvalue weighted by atomic mass is 10.1. The Kier molecular flexibility index (Phi) is 8.96. The number of likely N-dealkylation sites (N-methyl/N-ethyl adjacent to an activating group) is 1. The summed E-state index contributed by atoms with van der Waals surface area (Å²) in [5.74, 6) is -0.692. The van der Waals surface area contributed by atoms with Gasteiger partial charge in [-0.05, 0) is 51.9 Å². The summed E-state index contributed by atoms with van der Waals surface area (Å²) < 4.78 is 0. The molecule has 2 aromatic rings. The van der Waals surface area contributed by atoms with Crippen molar-refractivity contribution in [2.24, 2.45) is 0 Å². The zero-order valence-corrected chi connectivity index (χ0v) is 19.6. The van der Waals surface area contributed by atoms with Gasteiger partial charge in [0.2, 0.25) is 11.8 Å². The molecule has 0 aliphatic heterocycles. The third-order valence-corrected chi connectivity index (χ3v) is 4.79. The molecule has 1 atom stereocenters. The second kappa shape index (κ2) is 11.4. The minimum atomic E-state index is -0.331. The third kappa shape index (κ3) is 8.15. The van der Waals surface area contributed by atoms with Crippen molar-refractivity contribution in [3.63, 3.8) is 0 Å². The van der Waals surface area contributed by atoms with E-state index in [-0.39, 0.29) is 42.4 Å². The summed E-state index contributed by atoms with van der Waals surface area (Å²) in [5, 5.41) is 8.69. The molecule has 0 saturated carbocycles. The van der Waals surface area contributed by atoms with Crippen LogP contribution in [0.1, 0.15) is 56.6 Å². The fourth-order valence-corrected chi connectivity index (χ4v) is 3.22. The van der Waals surface area contributed by atoms with E-state index < -0.39 is 0 Å². The first-order valence-corrected chi connectivity index (χ1v) is 10.9. The predicted octanol–water partition coefficient (Wildman–Crippen LogP) is 3.35. The van der Waals surface area contributed by atoms with E-state index in [0.717, 1.165) is 5.56 Å². The molecular weight excluding hydrogens is 404 g/mol. The van der Waals surface area contributed by atoms with Crippen molar-refractivity contribution in [1.82, 2.24) is 15.5 Å². The van der Waals surface area contributed by atoms with Crippen LogP contribution < -0.4 is 16.0 Å². The van der Waals surface area contributed by atoms with E-state index in [4.69, 9.17) is 0 Å². The summed E-state index contributed by atoms with van der Waals surface area (Å²) in [5.41, 5.74) is 1.49. The van der Waals surface area contributed by atoms with Crippen LogP contribution in [0.25, 0.3) is 0 Å². The molecule has 0 bridgehead atoms. The van der Waals surface area contributed by atoms with E-state index >= 15 is 0 Å². The van der Waals surface area contributed by atoms with Crippen molar-refractivity contribution in [1.29, 1.82) is 0 Å². The average Bonchev–Trinajstić information content (AvgIpc) is 2.72. The lowest BCUT2D eigenvalue weighted by Gasteiger charge is -2.24. The topological polar surface area (TPSA) is 90.5 Å². The van der Waals surface area contributed by atoms with Crippen LogP contribution in [0.4, 0.5) is 5.69 Å². The molecule has 3 amide bonds. The van der Waals surface area contributed by atoms with E-state index in [9.17, 15) is 14.4 Å². The van der Waals surface area contributed by atoms with Gasteiger partial charge in [-0.2, -0.15) is 0 Å². The van der Waals surface area contributed by atoms with Crippen molar-refractivity contribution >= 4 is 23.4 Å². The molecule has 0 spiro atoms. The van der Waals surface area contributed by atoms with Crippen LogP contribution in [-0.2, 0) is 9.59 Å². The Morgan fingerprint density at radius 1 is 0.906 bits per heavy atom. The van der Waals surface area contributed by atoms with E-state index in [1.807, 2.05) is 65.0 Å². The minimum absolute atomic E-state index is 0.0461. The molecule has 0 saturated heterocycles. The second-order valence-corrected chi connectivity index (χ2v) is 8.80. The molecule has 1 unspecified atom stereocenters. The molecule has 0 heterocycles. The van der Waals surface area contributed by atoms with Gasteiger partial charge in [0.25, 0.3) is 5.91 Å². The predicted molar refractivity (Wildman–Crippen MR) is 127 cm³/mol. The zero-order valence-electron chi connectivity index (χ0n) is 19.6. The summed E-state index contributed by atoms with van der Waals surface area (Å²) in [4.78, 5) is 39.5. The van der Waals surface area contributed by atoms with Crippen molar-refractivity contribution in [3.8, 4) is 0 Å². The molecule has 2 rings (SSSR count). The zero-order chi connectivity index (χ0) is 23.7. The van der Waals surface area contributed by atoms with E-state index in [1.165, 1.54) is 0 Å². The van der Waals surface area contributed by atoms with E-state index in [0.29, 0.717) is 17.8 Å². The highest BCUT2D eigenvalue weighted by Crippen LogP contribution is 2.18. The summed E-state index contributed by atoms with van der Waals surface area (Å²) in [6.07, 6.45) is 0. The monoisotopic (exact) mass is 438 g/mol. The number of para-hydroxylation sites is 1. The van der Waals surface area contributed by atoms with Crippen LogP contribution in [-0.4, -0.2) is 47.8 Å². The summed E-state index contributed by atoms with van der Waals surface area (Å²) in [6, 6.07) is 16.4. The largest absolute Gasteiger partial charge is 0.350 e. The van der Waals surface area contributed by atoms with Gasteiger partial charge < -0.3 is 16.0 Å². The van der Waals surface area contributed by atoms with Gasteiger partial charge in [-0.3, -0.25) is 19.3 Å². The number of carbonyl (C=O) groups excluding carboxylic acids is 3. The van der Waals surface area contributed by atoms with Gasteiger partial charge >= 0.3 is 0 Å². The SMILES string of the molecule is CCN(CC(=O)Nc1ccccc1C(=O)NC(C)c1ccccc1)CC(=O)NC(C)(C)C. The number of benzene rings is 2. The first-order chi connectivity index (χ1) is 15.1. The van der Waals surface area contributed by atoms with Crippen molar-refractivity contribution in [2.75, 3.05) is 25.0 Å². The fraction of sp³-hybridized carbons (Fsp3) is 0.400. The molecule has 2 aromatic carbocycles. The molecule has 3 N–H and O–H groups in total. The highest BCUT2D eigenvalue weighted by Gasteiger charge is 2.19. The van der Waals surface area contributed by atoms with Gasteiger partial charge in [0.1, 0.15) is 0 Å². The molecule has 0 fully saturated rings. The Hall–Kier alpha value is -3.19. The van der Waals surface area contributed by atoms with Crippen molar-refractivity contribution < 1.29 is 14.4 Å². The summed E-state index contributed by atoms with van der Waals surface area (Å²) >= 11 is 0. The molecule has 172 valence electrons. The number of hydrogen-bond donors (Lipinski definition) is 3. The van der Waals surface area contributed by atoms with Gasteiger partial charge in [0, 0.05) is 5.54 Å². The molecule has 7 nitrogen and oxygen atoms in total. The van der Waals surface area contributed by atoms with Crippen molar-refractivity contribution in [2.45, 2.75) is 46.2 Å². The van der Waals surface area contributed by atoms with Gasteiger partial charge in [-0.1, -0.05) is 49.4 Å². The third-order valence-electron chi connectivity index (χ3n) is 4.79. The number of amides is 3. The van der Waals surface area contributed by atoms with Gasteiger partial charge in [0.05, 0.1) is 30.4 Å². The van der Waals surface area contributed by atoms with Gasteiger partial charge in [-0.25, -0.2) is 0 Å². The number of rotatable bonds is 9. The average molecular weight is 439 g/mol. The van der Waals surface area contributed by atoms with Crippen LogP contribution in [0.3, 0.4) is 0 Å². The standard InChI is InChI=1S/C25H34N4O3/c1-6-29(17-23(31)28-25(3,4)5)16-22(30)27-21-15-11-10-14-20(21)24(32)26-18(2)19-12-8-7-9-13-19/h7-15,18H,6,16-17H2,1-5H3,(H,26,32)(H,27,30)(H,28,31). The molecule has 32 heavy (non-hydrogen) atoms. The Balaban J connectivity index is 2.01. The number of hydrogen-bond acceptors (Lipinski definition) is 4. The first kappa shape index (κ1) is 25.1. The molecule has 0 aliphatic carbocycles. The van der Waals surface area contributed by atoms with E-state index in [1.54, 1.807) is 29.2 Å². The van der Waals surface area contributed by atoms with Gasteiger partial charge in [0.15, 0.2) is 0 Å². The second-order valence-electron chi connectivity index (χ2n) is 8.80. The molecule has 0 aliphatic rings. The number of nitrogens with one attached hydrogen (secondary N) is 3. The molecular formula is C25H34N4O3. The Morgan fingerprint density at radius 2 is 1.50 bits per heavy atom. The van der Waals surface area contributed by atoms with E-state index in [2.05, 4.69) is 16.0 Å². The maximum atomic E-state index is 12.9. The molecule has 7 heteroatoms. The van der Waals surface area contributed by atoms with Crippen LogP contribution in [0.2, 0.25) is 0 Å². The van der Waals surface area contributed by atoms with Crippen LogP contribution in [0.5, 0.6) is 0 Å². The number of anilines is 1. The lowest BCUT2D eigenvalue weighted by molar-refractivity contribution is -0.124. The van der Waals surface area contributed by atoms with Crippen molar-refractivity contribution in [3.05, 3.63) is 65.7 Å². The van der Waals surface area contributed by atoms with Gasteiger partial charge in [-0.15, -0.1) is 0 Å². The molecule has 0 radical (unpaired) electrons. The normalized spacial score (nSPS) is 12.2. The number of nitrogens with zero attached hydrogens (tertiary/aromatic N) is 1. The first-order valence-electron chi connectivity index (χ1n) is 10.9. The molecule has 0 aromatic heterocycles. The quantitative estimate of drug-likeness (QED) is 0.560. The number of carbonyl (C=O) groups is 3. The highest BCUT2D eigenvalue weighted by molar-refractivity contribution is 6.04. The van der Waals surface area contributed by atoms with Crippen LogP contribution >= 0.6 is 0 Å². The highest BCUT2D eigenvalue weighted by atomic mass is 16.2. The van der Waals surface area contributed by atoms with Crippen LogP contribution in [0, 0.1) is 0 Å². The Bertz CT molecular complexity index is 922. The Labute approximate surface area is 190 Å². The minimum Gasteiger partial charge on any atom is -0.350 e. The maximum absolute atomic E-state index is 12.9.